The second-order valence-corrected chi connectivity index (χ2v) is 23.5. The highest BCUT2D eigenvalue weighted by Gasteiger charge is 2.24. The number of anilines is 7. The summed E-state index contributed by atoms with van der Waals surface area (Å²) >= 11 is 0. The molecule has 0 saturated heterocycles. The van der Waals surface area contributed by atoms with Gasteiger partial charge in [0.05, 0.1) is 86.2 Å². The van der Waals surface area contributed by atoms with E-state index in [0.717, 1.165) is 45.8 Å². The van der Waals surface area contributed by atoms with Crippen molar-refractivity contribution in [2.24, 2.45) is 0 Å². The number of nitrogens with one attached hydrogen (secondary N) is 13. The van der Waals surface area contributed by atoms with Crippen LogP contribution in [0.5, 0.6) is 30.1 Å². The summed E-state index contributed by atoms with van der Waals surface area (Å²) < 4.78 is 40.8. The highest BCUT2D eigenvalue weighted by molar-refractivity contribution is 6.10. The summed E-state index contributed by atoms with van der Waals surface area (Å²) in [5, 5.41) is 37.1. The molecule has 0 unspecified atom stereocenters. The zero-order valence-corrected chi connectivity index (χ0v) is 74.9. The Bertz CT molecular complexity index is 3620. The molecular formula is C81H127N25O17. The molecule has 0 aliphatic rings. The van der Waals surface area contributed by atoms with Crippen LogP contribution in [-0.4, -0.2) is 251 Å². The number of carbonyl (C=O) groups excluding carboxylic acids is 9. The Morgan fingerprint density at radius 2 is 0.407 bits per heavy atom. The van der Waals surface area contributed by atoms with Gasteiger partial charge in [0, 0.05) is 102 Å². The van der Waals surface area contributed by atoms with Gasteiger partial charge in [0.25, 0.3) is 35.4 Å². The lowest BCUT2D eigenvalue weighted by Gasteiger charge is -2.11. The Labute approximate surface area is 720 Å². The Balaban J connectivity index is 0.000000722. The lowest BCUT2D eigenvalue weighted by Crippen LogP contribution is -2.30. The van der Waals surface area contributed by atoms with Crippen molar-refractivity contribution in [3.63, 3.8) is 0 Å². The monoisotopic (exact) mass is 1720 g/mol. The number of ether oxygens (including phenoxy) is 8. The van der Waals surface area contributed by atoms with Gasteiger partial charge in [0.1, 0.15) is 0 Å². The molecule has 7 rings (SSSR count). The maximum atomic E-state index is 12.1. The fourth-order valence-corrected chi connectivity index (χ4v) is 9.37. The molecule has 4 heterocycles. The second-order valence-electron chi connectivity index (χ2n) is 23.5. The Morgan fingerprint density at radius 1 is 0.211 bits per heavy atom. The third-order valence-corrected chi connectivity index (χ3v) is 14.2. The third-order valence-electron chi connectivity index (χ3n) is 14.2. The molecule has 4 aromatic heterocycles. The van der Waals surface area contributed by atoms with Gasteiger partial charge >= 0.3 is 48.0 Å². The zero-order chi connectivity index (χ0) is 91.9. The van der Waals surface area contributed by atoms with E-state index in [1.54, 1.807) is 55.4 Å². The van der Waals surface area contributed by atoms with E-state index in [4.69, 9.17) is 37.9 Å². The third kappa shape index (κ3) is 41.4. The van der Waals surface area contributed by atoms with Crippen LogP contribution in [0.15, 0.2) is 54.6 Å². The lowest BCUT2D eigenvalue weighted by atomic mass is 10.0. The van der Waals surface area contributed by atoms with Crippen molar-refractivity contribution in [2.75, 3.05) is 175 Å². The maximum absolute atomic E-state index is 12.1. The minimum absolute atomic E-state index is 0.0269. The van der Waals surface area contributed by atoms with Crippen LogP contribution in [-0.2, 0) is 14.2 Å². The van der Waals surface area contributed by atoms with Crippen molar-refractivity contribution in [1.29, 1.82) is 0 Å². The van der Waals surface area contributed by atoms with Crippen molar-refractivity contribution in [1.82, 2.24) is 91.7 Å². The minimum Gasteiger partial charge on any atom is -0.464 e. The Hall–Kier alpha value is -13.5. The summed E-state index contributed by atoms with van der Waals surface area (Å²) in [5.41, 5.74) is 1.82. The van der Waals surface area contributed by atoms with E-state index in [0.29, 0.717) is 131 Å². The van der Waals surface area contributed by atoms with Crippen molar-refractivity contribution in [2.45, 2.75) is 145 Å². The molecule has 0 bridgehead atoms. The van der Waals surface area contributed by atoms with Crippen LogP contribution < -0.4 is 92.8 Å². The molecule has 0 aliphatic carbocycles. The summed E-state index contributed by atoms with van der Waals surface area (Å²) in [6.07, 6.45) is 0. The number of amides is 6. The van der Waals surface area contributed by atoms with E-state index >= 15 is 0 Å². The first-order valence-corrected chi connectivity index (χ1v) is 41.3. The average molecular weight is 1720 g/mol. The van der Waals surface area contributed by atoms with Gasteiger partial charge in [-0.3, -0.25) is 28.8 Å². The van der Waals surface area contributed by atoms with Crippen LogP contribution in [0.1, 0.15) is 239 Å². The number of hydrogen-bond donors (Lipinski definition) is 13. The number of aromatic nitrogens is 12. The number of carbonyl (C=O) groups is 9. The van der Waals surface area contributed by atoms with Crippen LogP contribution in [0.4, 0.5) is 41.6 Å². The molecule has 0 fully saturated rings. The summed E-state index contributed by atoms with van der Waals surface area (Å²) in [6.45, 7) is 50.4. The smallest absolute Gasteiger partial charge is 0.339 e. The summed E-state index contributed by atoms with van der Waals surface area (Å²) in [7, 11) is 0. The lowest BCUT2D eigenvalue weighted by molar-refractivity contribution is 0.0478. The van der Waals surface area contributed by atoms with Gasteiger partial charge < -0.3 is 107 Å². The van der Waals surface area contributed by atoms with Crippen molar-refractivity contribution in [3.05, 3.63) is 105 Å². The molecule has 0 aliphatic heterocycles. The SMILES string of the molecule is CCNC(=O)c1ccc(C(=O)NCC)c(C(=O)NCC)c1.CCNC(=O)c1ccc(C(=O)OCC)c(C(=O)NCC)c1.CCNC(=O)c1ccc(C(=O)OCC)c(C(=O)OCC)c1.CCNc1nc(NCC)nc(NCC)n1.CCNc1nc(NCC)nc(OCC)n1.CCNc1nc(OCC)nc(OCC)n1.CCNc1nc(OCC)nc(OCC)n1. The first-order valence-electron chi connectivity index (χ1n) is 41.3. The first-order chi connectivity index (χ1) is 59.3. The van der Waals surface area contributed by atoms with E-state index < -0.39 is 23.8 Å². The van der Waals surface area contributed by atoms with E-state index in [9.17, 15) is 43.2 Å². The predicted molar refractivity (Wildman–Crippen MR) is 470 cm³/mol. The summed E-state index contributed by atoms with van der Waals surface area (Å²) in [5.74, 6) is -0.0630. The predicted octanol–water partition coefficient (Wildman–Crippen LogP) is 8.59. The standard InChI is InChI=1S/C15H21N3O3.C15H20N2O4.C15H19NO5.C9H18N6.C9H17N5O.2C9H16N4O2/c1-4-16-13(19)10-7-8-11(14(20)17-5-2)12(9-10)15(21)18-6-3;1-4-16-13(18)10-7-8-11(15(20)21-6-3)12(9-10)14(19)17-5-2;1-4-16-13(17)10-7-8-11(14(18)20-5-2)12(9-10)15(19)21-6-3;1-4-10-7-13-8(11-5-2)15-9(14-7)12-6-3;1-4-10-7-12-8(11-5-2)14-9(13-7)15-6-3;2*1-4-10-7-11-8(14-5-2)13-9(12-7)15-6-3/h7-9H,4-6H2,1-3H3,(H,16,19)(H,17,20)(H,18,21);7-9H,4-6H2,1-3H3,(H,16,18)(H,17,19);7-9H,4-6H2,1-3H3,(H,16,17);4-6H2,1-3H3,(H3,10,11,12,13,14,15);4-6H2,1-3H3,(H2,10,11,12,13,14);2*4-6H2,1-3H3,(H,10,11,12,13). The van der Waals surface area contributed by atoms with Crippen LogP contribution in [0.3, 0.4) is 0 Å². The molecule has 6 amide bonds. The maximum Gasteiger partial charge on any atom is 0.339 e. The quantitative estimate of drug-likeness (QED) is 0.0126. The number of nitrogens with zero attached hydrogens (tertiary/aromatic N) is 12. The van der Waals surface area contributed by atoms with Crippen molar-refractivity contribution >= 4 is 95.0 Å². The van der Waals surface area contributed by atoms with E-state index in [1.807, 2.05) is 90.0 Å². The topological polar surface area (TPSA) is 539 Å². The zero-order valence-electron chi connectivity index (χ0n) is 74.9. The van der Waals surface area contributed by atoms with Gasteiger partial charge in [-0.1, -0.05) is 0 Å². The highest BCUT2D eigenvalue weighted by atomic mass is 16.5. The van der Waals surface area contributed by atoms with E-state index in [1.165, 1.54) is 54.6 Å². The Kier molecular flexibility index (Phi) is 56.4. The molecular weight excluding hydrogens is 1600 g/mol. The molecule has 0 atom stereocenters. The van der Waals surface area contributed by atoms with E-state index in [2.05, 4.69) is 129 Å². The summed E-state index contributed by atoms with van der Waals surface area (Å²) in [4.78, 5) is 156. The molecule has 678 valence electrons. The normalized spacial score (nSPS) is 9.83. The molecule has 42 heteroatoms. The number of benzene rings is 3. The van der Waals surface area contributed by atoms with E-state index in [-0.39, 0.29) is 112 Å². The van der Waals surface area contributed by atoms with Gasteiger partial charge in [0.2, 0.25) is 41.6 Å². The molecule has 123 heavy (non-hydrogen) atoms. The fourth-order valence-electron chi connectivity index (χ4n) is 9.37. The van der Waals surface area contributed by atoms with Gasteiger partial charge in [-0.25, -0.2) is 14.4 Å². The van der Waals surface area contributed by atoms with Crippen LogP contribution in [0.2, 0.25) is 0 Å². The van der Waals surface area contributed by atoms with Crippen molar-refractivity contribution < 1.29 is 81.0 Å². The van der Waals surface area contributed by atoms with Crippen LogP contribution in [0, 0.1) is 0 Å². The van der Waals surface area contributed by atoms with Gasteiger partial charge in [-0.05, 0) is 200 Å². The molecule has 0 radical (unpaired) electrons. The molecule has 7 aromatic rings. The van der Waals surface area contributed by atoms with Gasteiger partial charge in [0.15, 0.2) is 0 Å². The number of hydrogen-bond acceptors (Lipinski definition) is 36. The molecule has 42 nitrogen and oxygen atoms in total. The van der Waals surface area contributed by atoms with Gasteiger partial charge in [-0.15, -0.1) is 9.97 Å². The second kappa shape index (κ2) is 64.5. The number of rotatable bonds is 42. The minimum atomic E-state index is -0.660. The molecule has 0 spiro atoms. The summed E-state index contributed by atoms with van der Waals surface area (Å²) in [6, 6.07) is 14.5. The fraction of sp³-hybridized carbons (Fsp3) is 0.519. The van der Waals surface area contributed by atoms with Crippen LogP contribution in [0.25, 0.3) is 0 Å². The van der Waals surface area contributed by atoms with Crippen LogP contribution >= 0.6 is 0 Å². The molecule has 13 N–H and O–H groups in total. The highest BCUT2D eigenvalue weighted by Crippen LogP contribution is 2.20. The largest absolute Gasteiger partial charge is 0.464 e. The van der Waals surface area contributed by atoms with Gasteiger partial charge in [-0.2, -0.15) is 49.8 Å². The Morgan fingerprint density at radius 3 is 0.650 bits per heavy atom. The molecule has 3 aromatic carbocycles. The van der Waals surface area contributed by atoms with Crippen molar-refractivity contribution in [3.8, 4) is 30.1 Å². The number of esters is 3. The average Bonchev–Trinajstić information content (AvgIpc) is 0.823. The first kappa shape index (κ1) is 108. The molecule has 0 saturated carbocycles.